The van der Waals surface area contributed by atoms with Gasteiger partial charge in [-0.25, -0.2) is 0 Å². The van der Waals surface area contributed by atoms with Gasteiger partial charge in [0.2, 0.25) is 0 Å². The zero-order chi connectivity index (χ0) is 11.0. The third-order valence-corrected chi connectivity index (χ3v) is 3.22. The smallest absolute Gasteiger partial charge is 0.167 e. The molecular formula is C11H11N3OS. The molecular weight excluding hydrogens is 222 g/mol. The molecule has 5 heteroatoms. The number of ether oxygens (including phenoxy) is 1. The van der Waals surface area contributed by atoms with Crippen molar-refractivity contribution in [2.75, 3.05) is 19.0 Å². The minimum atomic E-state index is 0.785. The number of aromatic nitrogens is 2. The van der Waals surface area contributed by atoms with Gasteiger partial charge in [0, 0.05) is 19.0 Å². The second-order valence-electron chi connectivity index (χ2n) is 3.63. The van der Waals surface area contributed by atoms with Gasteiger partial charge in [0.05, 0.1) is 18.3 Å². The van der Waals surface area contributed by atoms with Crippen molar-refractivity contribution in [1.29, 1.82) is 0 Å². The maximum Gasteiger partial charge on any atom is 0.167 e. The van der Waals surface area contributed by atoms with Crippen LogP contribution in [-0.2, 0) is 6.42 Å². The maximum atomic E-state index is 5.48. The van der Waals surface area contributed by atoms with Crippen LogP contribution in [0.15, 0.2) is 18.2 Å². The molecule has 0 aliphatic carbocycles. The maximum absolute atomic E-state index is 5.48. The van der Waals surface area contributed by atoms with Gasteiger partial charge < -0.3 is 10.1 Å². The Morgan fingerprint density at radius 2 is 2.31 bits per heavy atom. The summed E-state index contributed by atoms with van der Waals surface area (Å²) in [4.78, 5) is 0. The quantitative estimate of drug-likeness (QED) is 0.863. The molecule has 82 valence electrons. The first kappa shape index (κ1) is 9.59. The van der Waals surface area contributed by atoms with E-state index in [1.807, 2.05) is 19.2 Å². The minimum Gasteiger partial charge on any atom is -0.493 e. The zero-order valence-electron chi connectivity index (χ0n) is 8.86. The summed E-state index contributed by atoms with van der Waals surface area (Å²) in [5.41, 5.74) is 3.28. The molecule has 0 atom stereocenters. The summed E-state index contributed by atoms with van der Waals surface area (Å²) < 4.78 is 14.0. The lowest BCUT2D eigenvalue weighted by Crippen LogP contribution is -1.91. The lowest BCUT2D eigenvalue weighted by molar-refractivity contribution is 0.357. The topological polar surface area (TPSA) is 47.0 Å². The van der Waals surface area contributed by atoms with Crippen molar-refractivity contribution in [3.8, 4) is 17.0 Å². The van der Waals surface area contributed by atoms with Crippen LogP contribution in [0.1, 0.15) is 5.56 Å². The fourth-order valence-corrected chi connectivity index (χ4v) is 2.45. The fourth-order valence-electron chi connectivity index (χ4n) is 1.88. The lowest BCUT2D eigenvalue weighted by atomic mass is 10.1. The van der Waals surface area contributed by atoms with E-state index in [2.05, 4.69) is 20.1 Å². The number of nitrogens with one attached hydrogen (secondary N) is 1. The average molecular weight is 233 g/mol. The molecule has 16 heavy (non-hydrogen) atoms. The molecule has 0 saturated carbocycles. The Hall–Kier alpha value is -1.62. The SMILES string of the molecule is CNc1nsnc1-c1ccc2c(c1)CCO2. The summed E-state index contributed by atoms with van der Waals surface area (Å²) in [7, 11) is 1.86. The van der Waals surface area contributed by atoms with Crippen LogP contribution in [0.3, 0.4) is 0 Å². The summed E-state index contributed by atoms with van der Waals surface area (Å²) in [6.07, 6.45) is 0.982. The Balaban J connectivity index is 2.07. The number of nitrogens with zero attached hydrogens (tertiary/aromatic N) is 2. The molecule has 0 amide bonds. The van der Waals surface area contributed by atoms with Crippen LogP contribution < -0.4 is 10.1 Å². The Morgan fingerprint density at radius 3 is 3.19 bits per heavy atom. The van der Waals surface area contributed by atoms with Crippen LogP contribution in [0.5, 0.6) is 5.75 Å². The Kier molecular flexibility index (Phi) is 2.25. The molecule has 0 radical (unpaired) electrons. The van der Waals surface area contributed by atoms with Crippen LogP contribution in [0.4, 0.5) is 5.82 Å². The highest BCUT2D eigenvalue weighted by atomic mass is 32.1. The van der Waals surface area contributed by atoms with Gasteiger partial charge >= 0.3 is 0 Å². The number of rotatable bonds is 2. The molecule has 0 unspecified atom stereocenters. The molecule has 1 aliphatic heterocycles. The largest absolute Gasteiger partial charge is 0.493 e. The van der Waals surface area contributed by atoms with Crippen molar-refractivity contribution in [2.45, 2.75) is 6.42 Å². The van der Waals surface area contributed by atoms with Crippen molar-refractivity contribution in [3.05, 3.63) is 23.8 Å². The first-order valence-corrected chi connectivity index (χ1v) is 5.88. The van der Waals surface area contributed by atoms with Gasteiger partial charge in [-0.15, -0.1) is 0 Å². The Labute approximate surface area is 97.6 Å². The van der Waals surface area contributed by atoms with Gasteiger partial charge in [0.15, 0.2) is 5.82 Å². The highest BCUT2D eigenvalue weighted by Crippen LogP contribution is 2.32. The molecule has 0 saturated heterocycles. The first-order chi connectivity index (χ1) is 7.88. The van der Waals surface area contributed by atoms with Gasteiger partial charge in [-0.2, -0.15) is 8.75 Å². The zero-order valence-corrected chi connectivity index (χ0v) is 9.67. The lowest BCUT2D eigenvalue weighted by Gasteiger charge is -2.03. The average Bonchev–Trinajstić information content (AvgIpc) is 2.96. The number of benzene rings is 1. The summed E-state index contributed by atoms with van der Waals surface area (Å²) in [5, 5.41) is 3.05. The van der Waals surface area contributed by atoms with Gasteiger partial charge in [-0.1, -0.05) is 0 Å². The molecule has 0 spiro atoms. The van der Waals surface area contributed by atoms with E-state index < -0.39 is 0 Å². The minimum absolute atomic E-state index is 0.785. The first-order valence-electron chi connectivity index (χ1n) is 5.15. The van der Waals surface area contributed by atoms with Crippen molar-refractivity contribution in [3.63, 3.8) is 0 Å². The Bertz CT molecular complexity index is 524. The van der Waals surface area contributed by atoms with E-state index in [1.54, 1.807) is 0 Å². The van der Waals surface area contributed by atoms with E-state index in [0.29, 0.717) is 0 Å². The predicted molar refractivity (Wildman–Crippen MR) is 64.1 cm³/mol. The third-order valence-electron chi connectivity index (χ3n) is 2.69. The predicted octanol–water partition coefficient (Wildman–Crippen LogP) is 2.18. The van der Waals surface area contributed by atoms with Gasteiger partial charge in [-0.05, 0) is 23.8 Å². The number of hydrogen-bond donors (Lipinski definition) is 1. The molecule has 1 aromatic carbocycles. The van der Waals surface area contributed by atoms with Crippen molar-refractivity contribution < 1.29 is 4.74 Å². The van der Waals surface area contributed by atoms with Crippen LogP contribution in [-0.4, -0.2) is 22.4 Å². The van der Waals surface area contributed by atoms with Crippen LogP contribution >= 0.6 is 11.7 Å². The van der Waals surface area contributed by atoms with Crippen LogP contribution in [0.2, 0.25) is 0 Å². The van der Waals surface area contributed by atoms with Crippen molar-refractivity contribution in [2.24, 2.45) is 0 Å². The molecule has 4 nitrogen and oxygen atoms in total. The van der Waals surface area contributed by atoms with E-state index in [4.69, 9.17) is 4.74 Å². The van der Waals surface area contributed by atoms with E-state index >= 15 is 0 Å². The van der Waals surface area contributed by atoms with Crippen LogP contribution in [0, 0.1) is 0 Å². The molecule has 0 fully saturated rings. The summed E-state index contributed by atoms with van der Waals surface area (Å²) in [6, 6.07) is 6.18. The van der Waals surface area contributed by atoms with Gasteiger partial charge in [0.25, 0.3) is 0 Å². The Morgan fingerprint density at radius 1 is 1.38 bits per heavy atom. The highest BCUT2D eigenvalue weighted by Gasteiger charge is 2.15. The fraction of sp³-hybridized carbons (Fsp3) is 0.273. The van der Waals surface area contributed by atoms with Crippen molar-refractivity contribution >= 4 is 17.5 Å². The van der Waals surface area contributed by atoms with E-state index in [9.17, 15) is 0 Å². The van der Waals surface area contributed by atoms with E-state index in [-0.39, 0.29) is 0 Å². The summed E-state index contributed by atoms with van der Waals surface area (Å²) in [5.74, 6) is 1.84. The second kappa shape index (κ2) is 3.75. The second-order valence-corrected chi connectivity index (χ2v) is 4.16. The monoisotopic (exact) mass is 233 g/mol. The van der Waals surface area contributed by atoms with Crippen molar-refractivity contribution in [1.82, 2.24) is 8.75 Å². The molecule has 1 aliphatic rings. The molecule has 2 aromatic rings. The standard InChI is InChI=1S/C11H11N3OS/c1-12-11-10(13-16-14-11)8-2-3-9-7(6-8)4-5-15-9/h2-3,6H,4-5H2,1H3,(H,12,14). The van der Waals surface area contributed by atoms with Gasteiger partial charge in [0.1, 0.15) is 11.4 Å². The molecule has 3 rings (SSSR count). The summed E-state index contributed by atoms with van der Waals surface area (Å²) in [6.45, 7) is 0.785. The van der Waals surface area contributed by atoms with E-state index in [0.717, 1.165) is 35.9 Å². The molecule has 0 bridgehead atoms. The normalized spacial score (nSPS) is 13.3. The molecule has 1 N–H and O–H groups in total. The van der Waals surface area contributed by atoms with Crippen LogP contribution in [0.25, 0.3) is 11.3 Å². The number of hydrogen-bond acceptors (Lipinski definition) is 5. The molecule has 2 heterocycles. The third kappa shape index (κ3) is 1.44. The number of fused-ring (bicyclic) bond motifs is 1. The molecule has 1 aromatic heterocycles. The van der Waals surface area contributed by atoms with E-state index in [1.165, 1.54) is 17.3 Å². The summed E-state index contributed by atoms with van der Waals surface area (Å²) >= 11 is 1.23. The highest BCUT2D eigenvalue weighted by molar-refractivity contribution is 6.99. The number of anilines is 1. The van der Waals surface area contributed by atoms with Gasteiger partial charge in [-0.3, -0.25) is 0 Å².